The highest BCUT2D eigenvalue weighted by atomic mass is 32.2. The molecule has 0 aliphatic heterocycles. The number of esters is 7. The topological polar surface area (TPSA) is 380 Å². The van der Waals surface area contributed by atoms with Crippen molar-refractivity contribution in [1.82, 2.24) is 0 Å². The molecule has 69 heavy (non-hydrogen) atoms. The summed E-state index contributed by atoms with van der Waals surface area (Å²) in [4.78, 5) is 93.5. The monoisotopic (exact) mass is 1010 g/mol. The average molecular weight is 1010 g/mol. The molecule has 0 atom stereocenters. The van der Waals surface area contributed by atoms with Gasteiger partial charge in [-0.1, -0.05) is 17.7 Å². The molecule has 0 fully saturated rings. The molecule has 0 unspecified atom stereocenters. The zero-order chi connectivity index (χ0) is 53.3. The van der Waals surface area contributed by atoms with E-state index in [0.29, 0.717) is 0 Å². The second-order valence-electron chi connectivity index (χ2n) is 18.9. The van der Waals surface area contributed by atoms with E-state index in [0.717, 1.165) is 54.0 Å². The quantitative estimate of drug-likeness (QED) is 0.0283. The molecule has 0 aliphatic carbocycles. The highest BCUT2D eigenvalue weighted by molar-refractivity contribution is 7.91. The van der Waals surface area contributed by atoms with Gasteiger partial charge >= 0.3 is 41.8 Å². The van der Waals surface area contributed by atoms with Gasteiger partial charge in [-0.15, -0.1) is 0 Å². The molecule has 8 N–H and O–H groups in total. The van der Waals surface area contributed by atoms with Crippen molar-refractivity contribution >= 4 is 51.6 Å². The Kier molecular flexibility index (Phi) is 23.3. The summed E-state index contributed by atoms with van der Waals surface area (Å²) in [5.41, 5.74) is -13.5. The van der Waals surface area contributed by atoms with Crippen LogP contribution in [0.1, 0.15) is 54.0 Å². The van der Waals surface area contributed by atoms with Gasteiger partial charge in [0.25, 0.3) is 0 Å². The van der Waals surface area contributed by atoms with E-state index in [-0.39, 0.29) is 4.90 Å². The minimum atomic E-state index is -4.06. The third-order valence-corrected chi connectivity index (χ3v) is 13.0. The van der Waals surface area contributed by atoms with Gasteiger partial charge < -0.3 is 74.0 Å². The minimum absolute atomic E-state index is 0.107. The maximum Gasteiger partial charge on any atom is 0.318 e. The molecule has 0 saturated carbocycles. The van der Waals surface area contributed by atoms with E-state index < -0.39 is 194 Å². The zero-order valence-electron chi connectivity index (χ0n) is 40.1. The van der Waals surface area contributed by atoms with Gasteiger partial charge in [0.15, 0.2) is 9.84 Å². The Morgan fingerprint density at radius 1 is 0.377 bits per heavy atom. The Morgan fingerprint density at radius 2 is 0.580 bits per heavy atom. The molecule has 0 spiro atoms. The molecule has 0 bridgehead atoms. The summed E-state index contributed by atoms with van der Waals surface area (Å²) in [6.45, 7) is -4.78. The maximum atomic E-state index is 14.0. The van der Waals surface area contributed by atoms with Crippen molar-refractivity contribution in [3.63, 3.8) is 0 Å². The first-order chi connectivity index (χ1) is 31.9. The van der Waals surface area contributed by atoms with E-state index in [1.54, 1.807) is 6.92 Å². The fraction of sp³-hybridized carbons (Fsp3) is 0.705. The summed E-state index contributed by atoms with van der Waals surface area (Å²) in [6.07, 6.45) is 0. The first kappa shape index (κ1) is 62.2. The van der Waals surface area contributed by atoms with Crippen LogP contribution >= 0.6 is 0 Å². The summed E-state index contributed by atoms with van der Waals surface area (Å²) >= 11 is 0. The van der Waals surface area contributed by atoms with E-state index in [2.05, 4.69) is 0 Å². The Bertz CT molecular complexity index is 1850. The third kappa shape index (κ3) is 16.4. The second kappa shape index (κ2) is 25.8. The van der Waals surface area contributed by atoms with Gasteiger partial charge in [-0.05, 0) is 67.5 Å². The van der Waals surface area contributed by atoms with Gasteiger partial charge in [0.1, 0.15) is 84.2 Å². The fourth-order valence-electron chi connectivity index (χ4n) is 4.87. The van der Waals surface area contributed by atoms with Gasteiger partial charge in [0.05, 0.1) is 63.5 Å². The van der Waals surface area contributed by atoms with Gasteiger partial charge in [0, 0.05) is 0 Å². The number of carbonyl (C=O) groups is 7. The van der Waals surface area contributed by atoms with Crippen LogP contribution in [0.4, 0.5) is 0 Å². The first-order valence-electron chi connectivity index (χ1n) is 21.3. The Balaban J connectivity index is 3.73. The van der Waals surface area contributed by atoms with E-state index in [1.807, 2.05) is 0 Å². The standard InChI is InChI=1S/C44H68O24S/c1-29-9-11-30(12-10-29)69(60,61)14-13-62-35(57)42(6,23-67-36(58)43(7,25-63-31(53)38(2,15-45)16-46)26-64-32(54)39(3,17-47)18-48)24-68-37(59)44(8,27-65-33(55)40(4,19-49)20-50)28-66-34(56)41(5,21-51)22-52/h9-12,45-52H,13-28H2,1-8H3. The number of hydrogen-bond donors (Lipinski definition) is 8. The third-order valence-electron chi connectivity index (χ3n) is 11.3. The second-order valence-corrected chi connectivity index (χ2v) is 21.0. The molecule has 394 valence electrons. The summed E-state index contributed by atoms with van der Waals surface area (Å²) < 4.78 is 63.4. The number of benzene rings is 1. The van der Waals surface area contributed by atoms with E-state index >= 15 is 0 Å². The summed E-state index contributed by atoms with van der Waals surface area (Å²) in [7, 11) is -4.06. The molecule has 0 aromatic heterocycles. The van der Waals surface area contributed by atoms with Crippen LogP contribution in [0.5, 0.6) is 0 Å². The van der Waals surface area contributed by atoms with Crippen molar-refractivity contribution in [2.24, 2.45) is 37.9 Å². The van der Waals surface area contributed by atoms with Crippen molar-refractivity contribution in [2.45, 2.75) is 60.3 Å². The number of sulfone groups is 1. The lowest BCUT2D eigenvalue weighted by molar-refractivity contribution is -0.185. The number of rotatable bonds is 31. The minimum Gasteiger partial charge on any atom is -0.464 e. The predicted octanol–water partition coefficient (Wildman–Crippen LogP) is -2.45. The van der Waals surface area contributed by atoms with E-state index in [4.69, 9.17) is 33.2 Å². The largest absolute Gasteiger partial charge is 0.464 e. The number of carbonyl (C=O) groups excluding carboxylic acids is 7. The molecule has 0 saturated heterocycles. The van der Waals surface area contributed by atoms with Crippen molar-refractivity contribution in [3.8, 4) is 0 Å². The fourth-order valence-corrected chi connectivity index (χ4v) is 5.96. The summed E-state index contributed by atoms with van der Waals surface area (Å²) in [5, 5.41) is 77.6. The highest BCUT2D eigenvalue weighted by Crippen LogP contribution is 2.31. The first-order valence-corrected chi connectivity index (χ1v) is 22.9. The summed E-state index contributed by atoms with van der Waals surface area (Å²) in [5.74, 6) is -9.74. The van der Waals surface area contributed by atoms with Crippen molar-refractivity contribution in [3.05, 3.63) is 29.8 Å². The Labute approximate surface area is 399 Å². The van der Waals surface area contributed by atoms with E-state index in [9.17, 15) is 82.8 Å². The van der Waals surface area contributed by atoms with Crippen molar-refractivity contribution < 1.29 is 116 Å². The van der Waals surface area contributed by atoms with Crippen LogP contribution in [0.3, 0.4) is 0 Å². The number of ether oxygens (including phenoxy) is 7. The van der Waals surface area contributed by atoms with Gasteiger partial charge in [-0.2, -0.15) is 0 Å². The lowest BCUT2D eigenvalue weighted by Gasteiger charge is -2.33. The molecule has 1 aromatic rings. The van der Waals surface area contributed by atoms with Crippen LogP contribution in [-0.4, -0.2) is 196 Å². The van der Waals surface area contributed by atoms with Crippen molar-refractivity contribution in [1.29, 1.82) is 0 Å². The lowest BCUT2D eigenvalue weighted by Crippen LogP contribution is -2.48. The van der Waals surface area contributed by atoms with Crippen LogP contribution in [0.25, 0.3) is 0 Å². The molecule has 0 radical (unpaired) electrons. The SMILES string of the molecule is Cc1ccc(S(=O)(=O)CCOC(=O)C(C)(COC(=O)C(C)(COC(=O)C(C)(CO)CO)COC(=O)C(C)(CO)CO)COC(=O)C(C)(COC(=O)C(C)(CO)CO)COC(=O)C(C)(CO)CO)cc1. The average Bonchev–Trinajstić information content (AvgIpc) is 3.35. The maximum absolute atomic E-state index is 14.0. The highest BCUT2D eigenvalue weighted by Gasteiger charge is 2.48. The molecule has 0 heterocycles. The lowest BCUT2D eigenvalue weighted by atomic mass is 9.89. The Hall–Kier alpha value is -4.86. The van der Waals surface area contributed by atoms with Crippen LogP contribution < -0.4 is 0 Å². The van der Waals surface area contributed by atoms with E-state index in [1.165, 1.54) is 24.3 Å². The number of aryl methyl sites for hydroxylation is 1. The molecular weight excluding hydrogens is 945 g/mol. The predicted molar refractivity (Wildman–Crippen MR) is 233 cm³/mol. The van der Waals surface area contributed by atoms with Gasteiger partial charge in [-0.25, -0.2) is 8.42 Å². The Morgan fingerprint density at radius 3 is 0.797 bits per heavy atom. The normalized spacial score (nSPS) is 12.9. The molecule has 0 amide bonds. The van der Waals surface area contributed by atoms with Crippen LogP contribution in [0.15, 0.2) is 29.2 Å². The molecule has 1 aromatic carbocycles. The molecule has 0 aliphatic rings. The van der Waals surface area contributed by atoms with Gasteiger partial charge in [0.2, 0.25) is 0 Å². The smallest absolute Gasteiger partial charge is 0.318 e. The van der Waals surface area contributed by atoms with Gasteiger partial charge in [-0.3, -0.25) is 33.6 Å². The van der Waals surface area contributed by atoms with Crippen LogP contribution in [0, 0.1) is 44.8 Å². The number of aliphatic hydroxyl groups excluding tert-OH is 8. The number of hydrogen-bond acceptors (Lipinski definition) is 24. The van der Waals surface area contributed by atoms with Crippen LogP contribution in [0.2, 0.25) is 0 Å². The molecule has 24 nitrogen and oxygen atoms in total. The zero-order valence-corrected chi connectivity index (χ0v) is 41.0. The molecule has 1 rings (SSSR count). The molecule has 25 heteroatoms. The number of aliphatic hydroxyl groups is 8. The summed E-state index contributed by atoms with van der Waals surface area (Å²) in [6, 6.07) is 5.74. The molecular formula is C44H68O24S. The van der Waals surface area contributed by atoms with Crippen LogP contribution in [-0.2, 0) is 76.6 Å². The van der Waals surface area contributed by atoms with Crippen molar-refractivity contribution in [2.75, 3.05) is 105 Å².